The van der Waals surface area contributed by atoms with Crippen LogP contribution in [0.4, 0.5) is 23.1 Å². The molecule has 0 aliphatic rings. The van der Waals surface area contributed by atoms with Gasteiger partial charge in [0.15, 0.2) is 11.5 Å². The minimum absolute atomic E-state index is 0.385. The minimum atomic E-state index is 0.385. The molecule has 10 nitrogen and oxygen atoms in total. The van der Waals surface area contributed by atoms with Gasteiger partial charge in [-0.3, -0.25) is 10.9 Å². The second-order valence-electron chi connectivity index (χ2n) is 6.61. The molecule has 0 fully saturated rings. The Labute approximate surface area is 179 Å². The van der Waals surface area contributed by atoms with Crippen molar-refractivity contribution in [3.05, 3.63) is 48.4 Å². The zero-order valence-corrected chi connectivity index (χ0v) is 17.6. The Bertz CT molecular complexity index is 1180. The van der Waals surface area contributed by atoms with E-state index < -0.39 is 0 Å². The molecule has 0 radical (unpaired) electrons. The van der Waals surface area contributed by atoms with Crippen molar-refractivity contribution in [3.63, 3.8) is 0 Å². The van der Waals surface area contributed by atoms with Crippen molar-refractivity contribution in [1.29, 1.82) is 0 Å². The van der Waals surface area contributed by atoms with Gasteiger partial charge in [-0.25, -0.2) is 9.97 Å². The smallest absolute Gasteiger partial charge is 0.243 e. The number of aromatic nitrogens is 4. The lowest BCUT2D eigenvalue weighted by atomic mass is 10.2. The fourth-order valence-electron chi connectivity index (χ4n) is 3.13. The summed E-state index contributed by atoms with van der Waals surface area (Å²) in [4.78, 5) is 16.4. The van der Waals surface area contributed by atoms with Crippen molar-refractivity contribution in [3.8, 4) is 17.2 Å². The number of hydrogen-bond donors (Lipinski definition) is 4. The molecule has 160 valence electrons. The Morgan fingerprint density at radius 2 is 1.61 bits per heavy atom. The molecule has 2 heterocycles. The van der Waals surface area contributed by atoms with Gasteiger partial charge >= 0.3 is 0 Å². The number of anilines is 4. The zero-order valence-electron chi connectivity index (χ0n) is 17.6. The zero-order chi connectivity index (χ0) is 21.8. The number of hydrazine groups is 1. The van der Waals surface area contributed by atoms with Crippen LogP contribution in [0, 0.1) is 6.92 Å². The predicted molar refractivity (Wildman–Crippen MR) is 119 cm³/mol. The van der Waals surface area contributed by atoms with Gasteiger partial charge in [0.25, 0.3) is 0 Å². The largest absolute Gasteiger partial charge is 0.493 e. The molecule has 0 aliphatic carbocycles. The number of aromatic amines is 1. The van der Waals surface area contributed by atoms with E-state index in [4.69, 9.17) is 14.2 Å². The number of H-pyrrole nitrogens is 1. The van der Waals surface area contributed by atoms with Gasteiger partial charge in [0.2, 0.25) is 11.7 Å². The number of imidazole rings is 1. The van der Waals surface area contributed by atoms with E-state index in [9.17, 15) is 0 Å². The van der Waals surface area contributed by atoms with Crippen molar-refractivity contribution in [2.45, 2.75) is 6.92 Å². The van der Waals surface area contributed by atoms with Crippen molar-refractivity contribution >= 4 is 34.2 Å². The van der Waals surface area contributed by atoms with E-state index >= 15 is 0 Å². The van der Waals surface area contributed by atoms with Crippen molar-refractivity contribution in [1.82, 2.24) is 19.9 Å². The Morgan fingerprint density at radius 1 is 0.839 bits per heavy atom. The molecule has 0 bridgehead atoms. The van der Waals surface area contributed by atoms with Gasteiger partial charge in [-0.2, -0.15) is 4.98 Å². The predicted octanol–water partition coefficient (Wildman–Crippen LogP) is 3.87. The Balaban J connectivity index is 1.48. The molecule has 0 unspecified atom stereocenters. The maximum absolute atomic E-state index is 5.37. The summed E-state index contributed by atoms with van der Waals surface area (Å²) in [7, 11) is 4.69. The van der Waals surface area contributed by atoms with Crippen LogP contribution in [0.1, 0.15) is 5.82 Å². The SMILES string of the molecule is COc1cc(NNc2nccc(Nc3ccc4[nH]c(C)nc4c3)n2)cc(OC)c1OC. The topological polar surface area (TPSA) is 118 Å². The molecule has 31 heavy (non-hydrogen) atoms. The van der Waals surface area contributed by atoms with E-state index in [1.807, 2.05) is 25.1 Å². The molecular formula is C21H23N7O3. The standard InChI is InChI=1S/C21H23N7O3/c1-12-23-15-6-5-13(9-16(15)24-12)25-19-7-8-22-21(26-19)28-27-14-10-17(29-2)20(31-4)18(11-14)30-3/h5-11,27H,1-4H3,(H,23,24)(H2,22,25,26,28). The highest BCUT2D eigenvalue weighted by Gasteiger charge is 2.13. The van der Waals surface area contributed by atoms with Gasteiger partial charge in [0, 0.05) is 24.0 Å². The number of fused-ring (bicyclic) bond motifs is 1. The lowest BCUT2D eigenvalue weighted by molar-refractivity contribution is 0.324. The highest BCUT2D eigenvalue weighted by atomic mass is 16.5. The number of hydrogen-bond acceptors (Lipinski definition) is 9. The van der Waals surface area contributed by atoms with Crippen LogP contribution in [0.25, 0.3) is 11.0 Å². The summed E-state index contributed by atoms with van der Waals surface area (Å²) in [5.74, 6) is 3.48. The lowest BCUT2D eigenvalue weighted by Gasteiger charge is -2.15. The van der Waals surface area contributed by atoms with Crippen molar-refractivity contribution in [2.24, 2.45) is 0 Å². The Morgan fingerprint density at radius 3 is 2.32 bits per heavy atom. The fourth-order valence-corrected chi connectivity index (χ4v) is 3.13. The van der Waals surface area contributed by atoms with Crippen LogP contribution in [0.5, 0.6) is 17.2 Å². The molecule has 0 saturated carbocycles. The number of rotatable bonds is 8. The number of nitrogens with zero attached hydrogens (tertiary/aromatic N) is 3. The average molecular weight is 421 g/mol. The number of aryl methyl sites for hydroxylation is 1. The Hall–Kier alpha value is -4.21. The molecule has 2 aromatic carbocycles. The first-order chi connectivity index (χ1) is 15.1. The molecule has 0 atom stereocenters. The fraction of sp³-hybridized carbons (Fsp3) is 0.190. The summed E-state index contributed by atoms with van der Waals surface area (Å²) in [6.45, 7) is 1.93. The normalized spacial score (nSPS) is 10.6. The highest BCUT2D eigenvalue weighted by Crippen LogP contribution is 2.39. The Kier molecular flexibility index (Phi) is 5.61. The van der Waals surface area contributed by atoms with Gasteiger partial charge in [-0.15, -0.1) is 0 Å². The van der Waals surface area contributed by atoms with E-state index in [1.54, 1.807) is 45.7 Å². The quantitative estimate of drug-likeness (QED) is 0.314. The third kappa shape index (κ3) is 4.37. The van der Waals surface area contributed by atoms with Crippen LogP contribution in [0.2, 0.25) is 0 Å². The first kappa shape index (κ1) is 20.1. The van der Waals surface area contributed by atoms with E-state index in [0.29, 0.717) is 34.7 Å². The second kappa shape index (κ2) is 8.66. The van der Waals surface area contributed by atoms with E-state index in [-0.39, 0.29) is 0 Å². The number of methoxy groups -OCH3 is 3. The summed E-state index contributed by atoms with van der Waals surface area (Å²) in [6.07, 6.45) is 1.66. The maximum atomic E-state index is 5.37. The van der Waals surface area contributed by atoms with Crippen LogP contribution in [0.3, 0.4) is 0 Å². The molecule has 10 heteroatoms. The van der Waals surface area contributed by atoms with Gasteiger partial charge in [-0.05, 0) is 31.2 Å². The maximum Gasteiger partial charge on any atom is 0.243 e. The molecule has 0 amide bonds. The van der Waals surface area contributed by atoms with E-state index in [2.05, 4.69) is 36.1 Å². The molecular weight excluding hydrogens is 398 g/mol. The first-order valence-corrected chi connectivity index (χ1v) is 9.48. The summed E-state index contributed by atoms with van der Waals surface area (Å²) in [5.41, 5.74) is 9.47. The summed E-state index contributed by atoms with van der Waals surface area (Å²) < 4.78 is 16.1. The summed E-state index contributed by atoms with van der Waals surface area (Å²) >= 11 is 0. The molecule has 4 N–H and O–H groups in total. The molecule has 0 aliphatic heterocycles. The number of nitrogens with one attached hydrogen (secondary N) is 4. The van der Waals surface area contributed by atoms with Crippen LogP contribution >= 0.6 is 0 Å². The molecule has 4 aromatic rings. The number of benzene rings is 2. The summed E-state index contributed by atoms with van der Waals surface area (Å²) in [5, 5.41) is 3.27. The van der Waals surface area contributed by atoms with Crippen LogP contribution in [-0.4, -0.2) is 41.3 Å². The van der Waals surface area contributed by atoms with Crippen LogP contribution < -0.4 is 30.4 Å². The molecule has 0 saturated heterocycles. The average Bonchev–Trinajstić information content (AvgIpc) is 3.16. The van der Waals surface area contributed by atoms with Gasteiger partial charge in [0.1, 0.15) is 11.6 Å². The number of ether oxygens (including phenoxy) is 3. The minimum Gasteiger partial charge on any atom is -0.493 e. The third-order valence-electron chi connectivity index (χ3n) is 4.51. The lowest BCUT2D eigenvalue weighted by Crippen LogP contribution is -2.12. The first-order valence-electron chi connectivity index (χ1n) is 9.48. The molecule has 4 rings (SSSR count). The highest BCUT2D eigenvalue weighted by molar-refractivity contribution is 5.80. The van der Waals surface area contributed by atoms with Crippen molar-refractivity contribution < 1.29 is 14.2 Å². The van der Waals surface area contributed by atoms with E-state index in [0.717, 1.165) is 22.5 Å². The second-order valence-corrected chi connectivity index (χ2v) is 6.61. The molecule has 2 aromatic heterocycles. The van der Waals surface area contributed by atoms with Crippen LogP contribution in [0.15, 0.2) is 42.6 Å². The monoisotopic (exact) mass is 421 g/mol. The van der Waals surface area contributed by atoms with Gasteiger partial charge < -0.3 is 24.5 Å². The third-order valence-corrected chi connectivity index (χ3v) is 4.51. The van der Waals surface area contributed by atoms with Crippen LogP contribution in [-0.2, 0) is 0 Å². The van der Waals surface area contributed by atoms with E-state index in [1.165, 1.54) is 0 Å². The van der Waals surface area contributed by atoms with Crippen molar-refractivity contribution in [2.75, 3.05) is 37.5 Å². The van der Waals surface area contributed by atoms with Gasteiger partial charge in [0.05, 0.1) is 38.1 Å². The van der Waals surface area contributed by atoms with Gasteiger partial charge in [-0.1, -0.05) is 0 Å². The summed E-state index contributed by atoms with van der Waals surface area (Å²) in [6, 6.07) is 11.2. The molecule has 0 spiro atoms.